The Morgan fingerprint density at radius 3 is 2.61 bits per heavy atom. The predicted octanol–water partition coefficient (Wildman–Crippen LogP) is 3.89. The lowest BCUT2D eigenvalue weighted by molar-refractivity contribution is 0.306. The normalized spacial score (nSPS) is 19.3. The van der Waals surface area contributed by atoms with Gasteiger partial charge in [0.1, 0.15) is 0 Å². The number of nitrogens with one attached hydrogen (secondary N) is 1. The van der Waals surface area contributed by atoms with Crippen molar-refractivity contribution in [3.05, 3.63) is 10.6 Å². The van der Waals surface area contributed by atoms with Gasteiger partial charge >= 0.3 is 0 Å². The summed E-state index contributed by atoms with van der Waals surface area (Å²) in [5, 5.41) is 7.78. The third-order valence-electron chi connectivity index (χ3n) is 4.05. The number of aromatic nitrogens is 2. The number of hydrogen-bond acceptors (Lipinski definition) is 4. The minimum Gasteiger partial charge on any atom is -0.312 e. The van der Waals surface area contributed by atoms with Crippen LogP contribution in [-0.2, 0) is 0 Å². The smallest absolute Gasteiger partial charge is 0.0829 e. The average molecular weight is 267 g/mol. The van der Waals surface area contributed by atoms with Crippen molar-refractivity contribution in [3.63, 3.8) is 0 Å². The highest BCUT2D eigenvalue weighted by atomic mass is 32.1. The van der Waals surface area contributed by atoms with Crippen LogP contribution in [0, 0.1) is 5.92 Å². The van der Waals surface area contributed by atoms with Gasteiger partial charge in [0.25, 0.3) is 0 Å². The molecule has 3 nitrogen and oxygen atoms in total. The van der Waals surface area contributed by atoms with Gasteiger partial charge in [-0.3, -0.25) is 0 Å². The molecule has 1 aromatic rings. The van der Waals surface area contributed by atoms with Crippen LogP contribution in [0.15, 0.2) is 0 Å². The van der Waals surface area contributed by atoms with E-state index in [1.807, 2.05) is 0 Å². The maximum Gasteiger partial charge on any atom is 0.0829 e. The molecule has 0 amide bonds. The fourth-order valence-corrected chi connectivity index (χ4v) is 3.89. The largest absolute Gasteiger partial charge is 0.312 e. The van der Waals surface area contributed by atoms with E-state index in [-0.39, 0.29) is 0 Å². The van der Waals surface area contributed by atoms with Crippen LogP contribution in [0.25, 0.3) is 0 Å². The Hall–Kier alpha value is -0.480. The van der Waals surface area contributed by atoms with E-state index in [0.29, 0.717) is 12.0 Å². The zero-order valence-electron chi connectivity index (χ0n) is 11.8. The highest BCUT2D eigenvalue weighted by Crippen LogP contribution is 2.35. The van der Waals surface area contributed by atoms with Crippen molar-refractivity contribution in [1.82, 2.24) is 14.9 Å². The second-order valence-corrected chi connectivity index (χ2v) is 6.54. The molecule has 1 aromatic heterocycles. The quantitative estimate of drug-likeness (QED) is 0.879. The van der Waals surface area contributed by atoms with Gasteiger partial charge in [0.2, 0.25) is 0 Å². The van der Waals surface area contributed by atoms with Gasteiger partial charge in [0, 0.05) is 6.04 Å². The molecular weight excluding hydrogens is 242 g/mol. The summed E-state index contributed by atoms with van der Waals surface area (Å²) in [6, 6.07) is 0.450. The molecule has 2 rings (SSSR count). The summed E-state index contributed by atoms with van der Waals surface area (Å²) >= 11 is 1.58. The molecule has 102 valence electrons. The van der Waals surface area contributed by atoms with Crippen molar-refractivity contribution in [3.8, 4) is 0 Å². The molecule has 18 heavy (non-hydrogen) atoms. The molecule has 1 aliphatic rings. The molecule has 1 unspecified atom stereocenters. The van der Waals surface area contributed by atoms with E-state index in [2.05, 4.69) is 35.8 Å². The van der Waals surface area contributed by atoms with E-state index in [4.69, 9.17) is 0 Å². The zero-order valence-corrected chi connectivity index (χ0v) is 12.6. The fourth-order valence-electron chi connectivity index (χ4n) is 2.96. The van der Waals surface area contributed by atoms with Crippen LogP contribution in [0.2, 0.25) is 0 Å². The van der Waals surface area contributed by atoms with E-state index < -0.39 is 0 Å². The third kappa shape index (κ3) is 3.29. The van der Waals surface area contributed by atoms with E-state index in [1.165, 1.54) is 49.1 Å². The molecule has 0 radical (unpaired) electrons. The lowest BCUT2D eigenvalue weighted by Gasteiger charge is -2.26. The first-order valence-electron chi connectivity index (χ1n) is 7.21. The molecule has 0 aliphatic heterocycles. The Bertz CT molecular complexity index is 356. The first kappa shape index (κ1) is 13.9. The summed E-state index contributed by atoms with van der Waals surface area (Å²) in [4.78, 5) is 1.36. The number of hydrogen-bond donors (Lipinski definition) is 1. The monoisotopic (exact) mass is 267 g/mol. The van der Waals surface area contributed by atoms with Crippen LogP contribution in [0.3, 0.4) is 0 Å². The van der Waals surface area contributed by atoms with Crippen LogP contribution in [-0.4, -0.2) is 16.6 Å². The van der Waals surface area contributed by atoms with Crippen LogP contribution >= 0.6 is 11.5 Å². The molecule has 0 aromatic carbocycles. The standard InChI is InChI=1S/C14H25N3S/c1-10(2)13-14(18-17-16-13)12(15-3)9-11-7-5-4-6-8-11/h10-12,15H,4-9H2,1-3H3. The van der Waals surface area contributed by atoms with Gasteiger partial charge in [0.05, 0.1) is 10.6 Å². The molecule has 0 spiro atoms. The van der Waals surface area contributed by atoms with Gasteiger partial charge in [-0.15, -0.1) is 5.10 Å². The van der Waals surface area contributed by atoms with Crippen molar-refractivity contribution in [1.29, 1.82) is 0 Å². The molecule has 1 atom stereocenters. The SMILES string of the molecule is CNC(CC1CCCCC1)c1snnc1C(C)C. The van der Waals surface area contributed by atoms with Crippen molar-refractivity contribution < 1.29 is 0 Å². The van der Waals surface area contributed by atoms with E-state index in [9.17, 15) is 0 Å². The van der Waals surface area contributed by atoms with Crippen molar-refractivity contribution in [2.45, 2.75) is 64.3 Å². The second kappa shape index (κ2) is 6.62. The van der Waals surface area contributed by atoms with Crippen LogP contribution in [0.1, 0.15) is 74.9 Å². The van der Waals surface area contributed by atoms with Gasteiger partial charge in [-0.25, -0.2) is 0 Å². The van der Waals surface area contributed by atoms with Crippen LogP contribution in [0.5, 0.6) is 0 Å². The molecule has 1 aliphatic carbocycles. The van der Waals surface area contributed by atoms with Crippen molar-refractivity contribution in [2.75, 3.05) is 7.05 Å². The summed E-state index contributed by atoms with van der Waals surface area (Å²) in [6.07, 6.45) is 8.32. The number of rotatable bonds is 5. The summed E-state index contributed by atoms with van der Waals surface area (Å²) in [7, 11) is 2.07. The minimum absolute atomic E-state index is 0.450. The van der Waals surface area contributed by atoms with Gasteiger partial charge in [-0.2, -0.15) is 0 Å². The van der Waals surface area contributed by atoms with Gasteiger partial charge in [-0.1, -0.05) is 50.4 Å². The second-order valence-electron chi connectivity index (χ2n) is 5.76. The minimum atomic E-state index is 0.450. The molecular formula is C14H25N3S. The Kier molecular flexibility index (Phi) is 5.13. The van der Waals surface area contributed by atoms with Crippen LogP contribution < -0.4 is 5.32 Å². The molecule has 0 saturated heterocycles. The van der Waals surface area contributed by atoms with E-state index in [0.717, 1.165) is 5.92 Å². The highest BCUT2D eigenvalue weighted by molar-refractivity contribution is 7.05. The maximum atomic E-state index is 4.31. The Labute approximate surface area is 115 Å². The predicted molar refractivity (Wildman–Crippen MR) is 77.0 cm³/mol. The fraction of sp³-hybridized carbons (Fsp3) is 0.857. The molecule has 4 heteroatoms. The first-order chi connectivity index (χ1) is 8.72. The average Bonchev–Trinajstić information content (AvgIpc) is 2.86. The van der Waals surface area contributed by atoms with Gasteiger partial charge in [-0.05, 0) is 36.8 Å². The van der Waals surface area contributed by atoms with E-state index >= 15 is 0 Å². The highest BCUT2D eigenvalue weighted by Gasteiger charge is 2.24. The van der Waals surface area contributed by atoms with Crippen molar-refractivity contribution in [2.24, 2.45) is 5.92 Å². The van der Waals surface area contributed by atoms with Gasteiger partial charge < -0.3 is 5.32 Å². The summed E-state index contributed by atoms with van der Waals surface area (Å²) < 4.78 is 4.16. The first-order valence-corrected chi connectivity index (χ1v) is 7.99. The maximum absolute atomic E-state index is 4.31. The van der Waals surface area contributed by atoms with Gasteiger partial charge in [0.15, 0.2) is 0 Å². The molecule has 1 fully saturated rings. The number of nitrogens with zero attached hydrogens (tertiary/aromatic N) is 2. The van der Waals surface area contributed by atoms with Crippen molar-refractivity contribution >= 4 is 11.5 Å². The molecule has 0 bridgehead atoms. The summed E-state index contributed by atoms with van der Waals surface area (Å²) in [5.41, 5.74) is 1.19. The molecule has 1 saturated carbocycles. The Morgan fingerprint density at radius 2 is 2.00 bits per heavy atom. The Morgan fingerprint density at radius 1 is 1.28 bits per heavy atom. The zero-order chi connectivity index (χ0) is 13.0. The Balaban J connectivity index is 2.05. The molecule has 1 N–H and O–H groups in total. The lowest BCUT2D eigenvalue weighted by Crippen LogP contribution is -2.21. The summed E-state index contributed by atoms with van der Waals surface area (Å²) in [5.74, 6) is 1.36. The van der Waals surface area contributed by atoms with Crippen LogP contribution in [0.4, 0.5) is 0 Å². The summed E-state index contributed by atoms with van der Waals surface area (Å²) in [6.45, 7) is 4.40. The van der Waals surface area contributed by atoms with E-state index in [1.54, 1.807) is 11.5 Å². The molecule has 1 heterocycles. The third-order valence-corrected chi connectivity index (χ3v) is 4.90. The lowest BCUT2D eigenvalue weighted by atomic mass is 9.84. The topological polar surface area (TPSA) is 37.8 Å².